The first-order chi connectivity index (χ1) is 13.3. The van der Waals surface area contributed by atoms with Crippen LogP contribution in [-0.4, -0.2) is 26.1 Å². The van der Waals surface area contributed by atoms with Crippen molar-refractivity contribution in [2.45, 2.75) is 19.1 Å². The molecule has 0 aliphatic carbocycles. The minimum atomic E-state index is -0.382. The van der Waals surface area contributed by atoms with Crippen LogP contribution in [0.25, 0.3) is 11.1 Å². The van der Waals surface area contributed by atoms with Gasteiger partial charge in [-0.05, 0) is 23.6 Å². The standard InChI is InChI=1S/C18H18N6O2S/c25-18-24(14-4-1-2-5-15(14)26-18)11-13-10-23(22-20-13)9-12-8-19-21-17(12)16-6-3-7-27-16/h1-7,10,12,17,19,21H,8-9,11H2. The van der Waals surface area contributed by atoms with Crippen LogP contribution in [0.1, 0.15) is 16.6 Å². The molecule has 0 radical (unpaired) electrons. The zero-order valence-corrected chi connectivity index (χ0v) is 15.2. The summed E-state index contributed by atoms with van der Waals surface area (Å²) in [5.74, 6) is -0.0108. The molecule has 2 atom stereocenters. The van der Waals surface area contributed by atoms with Crippen molar-refractivity contribution in [3.63, 3.8) is 0 Å². The minimum absolute atomic E-state index is 0.262. The van der Waals surface area contributed by atoms with Crippen molar-refractivity contribution in [2.24, 2.45) is 5.92 Å². The molecule has 27 heavy (non-hydrogen) atoms. The summed E-state index contributed by atoms with van der Waals surface area (Å²) >= 11 is 1.75. The molecule has 1 aliphatic rings. The number of oxazole rings is 1. The molecule has 0 bridgehead atoms. The molecule has 9 heteroatoms. The van der Waals surface area contributed by atoms with Crippen molar-refractivity contribution in [2.75, 3.05) is 6.54 Å². The van der Waals surface area contributed by atoms with Crippen molar-refractivity contribution in [1.29, 1.82) is 0 Å². The van der Waals surface area contributed by atoms with E-state index in [4.69, 9.17) is 4.42 Å². The van der Waals surface area contributed by atoms with Crippen LogP contribution in [0.3, 0.4) is 0 Å². The van der Waals surface area contributed by atoms with Crippen molar-refractivity contribution < 1.29 is 4.42 Å². The van der Waals surface area contributed by atoms with E-state index >= 15 is 0 Å². The van der Waals surface area contributed by atoms with Gasteiger partial charge in [-0.25, -0.2) is 10.2 Å². The Balaban J connectivity index is 1.34. The quantitative estimate of drug-likeness (QED) is 0.547. The van der Waals surface area contributed by atoms with Crippen LogP contribution in [0.4, 0.5) is 0 Å². The maximum atomic E-state index is 12.1. The Morgan fingerprint density at radius 2 is 2.19 bits per heavy atom. The third kappa shape index (κ3) is 3.09. The summed E-state index contributed by atoms with van der Waals surface area (Å²) in [7, 11) is 0. The largest absolute Gasteiger partial charge is 0.420 e. The first kappa shape index (κ1) is 16.4. The van der Waals surface area contributed by atoms with E-state index in [1.807, 2.05) is 29.1 Å². The molecule has 0 spiro atoms. The molecular weight excluding hydrogens is 364 g/mol. The normalized spacial score (nSPS) is 19.9. The second kappa shape index (κ2) is 6.76. The minimum Gasteiger partial charge on any atom is -0.408 e. The maximum absolute atomic E-state index is 12.1. The predicted octanol–water partition coefficient (Wildman–Crippen LogP) is 1.76. The number of hydrogen-bond donors (Lipinski definition) is 2. The molecule has 1 fully saturated rings. The van der Waals surface area contributed by atoms with Gasteiger partial charge in [0.2, 0.25) is 0 Å². The van der Waals surface area contributed by atoms with Gasteiger partial charge in [-0.15, -0.1) is 16.4 Å². The van der Waals surface area contributed by atoms with Crippen molar-refractivity contribution >= 4 is 22.4 Å². The number of hydrazine groups is 1. The molecule has 1 aromatic carbocycles. The highest BCUT2D eigenvalue weighted by atomic mass is 32.1. The van der Waals surface area contributed by atoms with E-state index in [1.165, 1.54) is 4.88 Å². The summed E-state index contributed by atoms with van der Waals surface area (Å²) in [6, 6.07) is 11.9. The van der Waals surface area contributed by atoms with Crippen LogP contribution >= 0.6 is 11.3 Å². The SMILES string of the molecule is O=c1oc2ccccc2n1Cc1cn(CC2CNNC2c2cccs2)nn1. The van der Waals surface area contributed by atoms with E-state index in [1.54, 1.807) is 22.0 Å². The van der Waals surface area contributed by atoms with Crippen molar-refractivity contribution in [3.05, 3.63) is 69.1 Å². The number of nitrogens with zero attached hydrogens (tertiary/aromatic N) is 4. The molecule has 4 heterocycles. The van der Waals surface area contributed by atoms with E-state index < -0.39 is 0 Å². The third-order valence-electron chi connectivity index (χ3n) is 4.84. The highest BCUT2D eigenvalue weighted by Crippen LogP contribution is 2.29. The van der Waals surface area contributed by atoms with Gasteiger partial charge in [-0.1, -0.05) is 23.4 Å². The molecule has 1 saturated heterocycles. The fourth-order valence-corrected chi connectivity index (χ4v) is 4.41. The van der Waals surface area contributed by atoms with Gasteiger partial charge in [-0.2, -0.15) is 0 Å². The van der Waals surface area contributed by atoms with Gasteiger partial charge in [0.25, 0.3) is 0 Å². The molecular formula is C18H18N6O2S. The number of fused-ring (bicyclic) bond motifs is 1. The molecule has 2 N–H and O–H groups in total. The highest BCUT2D eigenvalue weighted by Gasteiger charge is 2.29. The lowest BCUT2D eigenvalue weighted by Gasteiger charge is -2.16. The van der Waals surface area contributed by atoms with Crippen LogP contribution in [-0.2, 0) is 13.1 Å². The number of aromatic nitrogens is 4. The zero-order valence-electron chi connectivity index (χ0n) is 14.4. The van der Waals surface area contributed by atoms with Crippen LogP contribution in [0.2, 0.25) is 0 Å². The van der Waals surface area contributed by atoms with Gasteiger partial charge in [0.1, 0.15) is 5.69 Å². The van der Waals surface area contributed by atoms with E-state index in [0.717, 1.165) is 24.3 Å². The summed E-state index contributed by atoms with van der Waals surface area (Å²) in [5.41, 5.74) is 8.66. The first-order valence-electron chi connectivity index (χ1n) is 8.77. The van der Waals surface area contributed by atoms with Gasteiger partial charge in [0, 0.05) is 23.9 Å². The molecule has 4 aromatic rings. The molecule has 3 aromatic heterocycles. The number of para-hydroxylation sites is 2. The topological polar surface area (TPSA) is 89.9 Å². The van der Waals surface area contributed by atoms with Gasteiger partial charge in [0.05, 0.1) is 24.3 Å². The Labute approximate surface area is 158 Å². The lowest BCUT2D eigenvalue weighted by atomic mass is 10.0. The second-order valence-electron chi connectivity index (χ2n) is 6.63. The number of thiophene rings is 1. The molecule has 8 nitrogen and oxygen atoms in total. The molecule has 5 rings (SSSR count). The smallest absolute Gasteiger partial charge is 0.408 e. The Morgan fingerprint density at radius 1 is 1.26 bits per heavy atom. The lowest BCUT2D eigenvalue weighted by molar-refractivity contribution is 0.392. The Hall–Kier alpha value is -2.75. The lowest BCUT2D eigenvalue weighted by Crippen LogP contribution is -2.24. The first-order valence-corrected chi connectivity index (χ1v) is 9.65. The average molecular weight is 382 g/mol. The number of hydrogen-bond acceptors (Lipinski definition) is 7. The maximum Gasteiger partial charge on any atom is 0.420 e. The average Bonchev–Trinajstić information content (AvgIpc) is 3.45. The molecule has 0 amide bonds. The third-order valence-corrected chi connectivity index (χ3v) is 5.80. The number of rotatable bonds is 5. The van der Waals surface area contributed by atoms with Crippen LogP contribution in [0.15, 0.2) is 57.2 Å². The monoisotopic (exact) mass is 382 g/mol. The Kier molecular flexibility index (Phi) is 4.12. The van der Waals surface area contributed by atoms with E-state index in [0.29, 0.717) is 18.0 Å². The van der Waals surface area contributed by atoms with Crippen molar-refractivity contribution in [3.8, 4) is 0 Å². The Morgan fingerprint density at radius 3 is 3.07 bits per heavy atom. The predicted molar refractivity (Wildman–Crippen MR) is 101 cm³/mol. The zero-order chi connectivity index (χ0) is 18.2. The molecule has 0 saturated carbocycles. The van der Waals surface area contributed by atoms with Gasteiger partial charge >= 0.3 is 5.76 Å². The summed E-state index contributed by atoms with van der Waals surface area (Å²) in [6.45, 7) is 1.95. The summed E-state index contributed by atoms with van der Waals surface area (Å²) < 4.78 is 8.71. The molecule has 138 valence electrons. The van der Waals surface area contributed by atoms with Gasteiger partial charge in [-0.3, -0.25) is 14.7 Å². The number of benzene rings is 1. The van der Waals surface area contributed by atoms with E-state index in [2.05, 4.69) is 38.7 Å². The number of nitrogens with one attached hydrogen (secondary N) is 2. The van der Waals surface area contributed by atoms with Crippen LogP contribution in [0.5, 0.6) is 0 Å². The van der Waals surface area contributed by atoms with Crippen LogP contribution in [0, 0.1) is 5.92 Å². The van der Waals surface area contributed by atoms with Gasteiger partial charge in [0.15, 0.2) is 5.58 Å². The molecule has 2 unspecified atom stereocenters. The fourth-order valence-electron chi connectivity index (χ4n) is 3.54. The summed E-state index contributed by atoms with van der Waals surface area (Å²) in [5, 5.41) is 10.6. The van der Waals surface area contributed by atoms with E-state index in [9.17, 15) is 4.79 Å². The summed E-state index contributed by atoms with van der Waals surface area (Å²) in [6.07, 6.45) is 1.90. The second-order valence-corrected chi connectivity index (χ2v) is 7.61. The Bertz CT molecular complexity index is 1110. The van der Waals surface area contributed by atoms with Crippen molar-refractivity contribution in [1.82, 2.24) is 30.4 Å². The van der Waals surface area contributed by atoms with Gasteiger partial charge < -0.3 is 4.42 Å². The van der Waals surface area contributed by atoms with Crippen LogP contribution < -0.4 is 16.6 Å². The molecule has 1 aliphatic heterocycles. The highest BCUT2D eigenvalue weighted by molar-refractivity contribution is 7.10. The summed E-state index contributed by atoms with van der Waals surface area (Å²) in [4.78, 5) is 13.4. The van der Waals surface area contributed by atoms with E-state index in [-0.39, 0.29) is 11.8 Å². The fraction of sp³-hybridized carbons (Fsp3) is 0.278.